The Balaban J connectivity index is 2.07. The fourth-order valence-electron chi connectivity index (χ4n) is 2.19. The van der Waals surface area contributed by atoms with E-state index in [0.29, 0.717) is 23.5 Å². The van der Waals surface area contributed by atoms with E-state index in [2.05, 4.69) is 10.2 Å². The molecule has 0 atom stereocenters. The van der Waals surface area contributed by atoms with Gasteiger partial charge in [0.1, 0.15) is 11.6 Å². The first-order valence-electron chi connectivity index (χ1n) is 5.85. The topological polar surface area (TPSA) is 81.0 Å². The average molecular weight is 243 g/mol. The predicted molar refractivity (Wildman–Crippen MR) is 66.7 cm³/mol. The molecule has 5 nitrogen and oxygen atoms in total. The first-order chi connectivity index (χ1) is 8.77. The maximum atomic E-state index is 12.4. The van der Waals surface area contributed by atoms with Crippen molar-refractivity contribution in [1.29, 1.82) is 0 Å². The van der Waals surface area contributed by atoms with Crippen LogP contribution in [0, 0.1) is 0 Å². The molecule has 0 fully saturated rings. The van der Waals surface area contributed by atoms with Gasteiger partial charge in [0, 0.05) is 0 Å². The van der Waals surface area contributed by atoms with Gasteiger partial charge in [0.15, 0.2) is 0 Å². The van der Waals surface area contributed by atoms with Gasteiger partial charge < -0.3 is 10.5 Å². The summed E-state index contributed by atoms with van der Waals surface area (Å²) < 4.78 is 5.62. The zero-order valence-corrected chi connectivity index (χ0v) is 9.77. The lowest BCUT2D eigenvalue weighted by Crippen LogP contribution is -2.13. The summed E-state index contributed by atoms with van der Waals surface area (Å²) in [5, 5.41) is 6.33. The first kappa shape index (κ1) is 10.8. The lowest BCUT2D eigenvalue weighted by molar-refractivity contribution is 0.103. The molecule has 0 bridgehead atoms. The number of H-pyrrole nitrogens is 1. The maximum absolute atomic E-state index is 12.4. The molecule has 1 aromatic heterocycles. The Morgan fingerprint density at radius 2 is 2.28 bits per heavy atom. The van der Waals surface area contributed by atoms with Crippen molar-refractivity contribution in [3.05, 3.63) is 41.1 Å². The fraction of sp³-hybridized carbons (Fsp3) is 0.231. The monoisotopic (exact) mass is 243 g/mol. The standard InChI is InChI=1S/C13H13N3O2/c14-13-10(7-15-16-13)11(17)9-5-1-3-8-4-2-6-18-12(8)9/h1,3,5,7H,2,4,6H2,(H3,14,15,16). The first-order valence-corrected chi connectivity index (χ1v) is 5.85. The second kappa shape index (κ2) is 4.18. The molecular formula is C13H13N3O2. The minimum absolute atomic E-state index is 0.153. The minimum Gasteiger partial charge on any atom is -0.493 e. The summed E-state index contributed by atoms with van der Waals surface area (Å²) in [7, 11) is 0. The number of carbonyl (C=O) groups is 1. The summed E-state index contributed by atoms with van der Waals surface area (Å²) in [5.74, 6) is 0.822. The van der Waals surface area contributed by atoms with Crippen LogP contribution in [0.1, 0.15) is 27.9 Å². The van der Waals surface area contributed by atoms with E-state index in [0.717, 1.165) is 18.4 Å². The van der Waals surface area contributed by atoms with Gasteiger partial charge in [-0.15, -0.1) is 0 Å². The van der Waals surface area contributed by atoms with Gasteiger partial charge in [0.05, 0.1) is 23.9 Å². The van der Waals surface area contributed by atoms with Crippen LogP contribution in [0.4, 0.5) is 5.82 Å². The molecule has 0 saturated carbocycles. The number of nitrogen functional groups attached to an aromatic ring is 1. The number of aryl methyl sites for hydroxylation is 1. The van der Waals surface area contributed by atoms with Gasteiger partial charge in [-0.1, -0.05) is 12.1 Å². The lowest BCUT2D eigenvalue weighted by Gasteiger charge is -2.19. The van der Waals surface area contributed by atoms with Gasteiger partial charge in [-0.25, -0.2) is 0 Å². The van der Waals surface area contributed by atoms with E-state index in [1.807, 2.05) is 12.1 Å². The predicted octanol–water partition coefficient (Wildman–Crippen LogP) is 1.55. The molecule has 0 amide bonds. The summed E-state index contributed by atoms with van der Waals surface area (Å²) in [6.45, 7) is 0.651. The molecule has 92 valence electrons. The van der Waals surface area contributed by atoms with E-state index in [1.165, 1.54) is 6.20 Å². The normalized spacial score (nSPS) is 13.8. The molecular weight excluding hydrogens is 230 g/mol. The second-order valence-corrected chi connectivity index (χ2v) is 4.27. The van der Waals surface area contributed by atoms with E-state index >= 15 is 0 Å². The van der Waals surface area contributed by atoms with Crippen LogP contribution in [0.15, 0.2) is 24.4 Å². The Morgan fingerprint density at radius 1 is 1.39 bits per heavy atom. The summed E-state index contributed by atoms with van der Waals surface area (Å²) in [6, 6.07) is 5.62. The number of nitrogens with one attached hydrogen (secondary N) is 1. The van der Waals surface area contributed by atoms with Crippen LogP contribution in [0.2, 0.25) is 0 Å². The third-order valence-corrected chi connectivity index (χ3v) is 3.09. The van der Waals surface area contributed by atoms with Crippen molar-refractivity contribution in [3.8, 4) is 5.75 Å². The molecule has 3 rings (SSSR count). The largest absolute Gasteiger partial charge is 0.493 e. The van der Waals surface area contributed by atoms with E-state index < -0.39 is 0 Å². The smallest absolute Gasteiger partial charge is 0.202 e. The van der Waals surface area contributed by atoms with Crippen molar-refractivity contribution in [2.75, 3.05) is 12.3 Å². The van der Waals surface area contributed by atoms with Crippen molar-refractivity contribution in [3.63, 3.8) is 0 Å². The number of nitrogens with two attached hydrogens (primary N) is 1. The third-order valence-electron chi connectivity index (χ3n) is 3.09. The van der Waals surface area contributed by atoms with Crippen molar-refractivity contribution < 1.29 is 9.53 Å². The van der Waals surface area contributed by atoms with Gasteiger partial charge in [0.2, 0.25) is 5.78 Å². The van der Waals surface area contributed by atoms with E-state index in [1.54, 1.807) is 6.07 Å². The van der Waals surface area contributed by atoms with Gasteiger partial charge in [-0.05, 0) is 24.5 Å². The number of fused-ring (bicyclic) bond motifs is 1. The lowest BCUT2D eigenvalue weighted by atomic mass is 9.98. The molecule has 1 aromatic carbocycles. The Kier molecular flexibility index (Phi) is 2.51. The number of aromatic amines is 1. The summed E-state index contributed by atoms with van der Waals surface area (Å²) >= 11 is 0. The number of hydrogen-bond donors (Lipinski definition) is 2. The number of aromatic nitrogens is 2. The Morgan fingerprint density at radius 3 is 3.06 bits per heavy atom. The fourth-order valence-corrected chi connectivity index (χ4v) is 2.19. The second-order valence-electron chi connectivity index (χ2n) is 4.27. The molecule has 0 radical (unpaired) electrons. The molecule has 18 heavy (non-hydrogen) atoms. The van der Waals surface area contributed by atoms with E-state index in [-0.39, 0.29) is 11.6 Å². The highest BCUT2D eigenvalue weighted by molar-refractivity contribution is 6.13. The average Bonchev–Trinajstić information content (AvgIpc) is 2.83. The Labute approximate surface area is 104 Å². The molecule has 2 aromatic rings. The Hall–Kier alpha value is -2.30. The third kappa shape index (κ3) is 1.64. The van der Waals surface area contributed by atoms with Crippen molar-refractivity contribution in [2.24, 2.45) is 0 Å². The van der Waals surface area contributed by atoms with Crippen LogP contribution < -0.4 is 10.5 Å². The van der Waals surface area contributed by atoms with Crippen LogP contribution in [0.5, 0.6) is 5.75 Å². The highest BCUT2D eigenvalue weighted by Gasteiger charge is 2.22. The molecule has 5 heteroatoms. The molecule has 0 unspecified atom stereocenters. The van der Waals surface area contributed by atoms with Crippen LogP contribution >= 0.6 is 0 Å². The number of carbonyl (C=O) groups excluding carboxylic acids is 1. The number of benzene rings is 1. The van der Waals surface area contributed by atoms with E-state index in [4.69, 9.17) is 10.5 Å². The highest BCUT2D eigenvalue weighted by atomic mass is 16.5. The summed E-state index contributed by atoms with van der Waals surface area (Å²) in [4.78, 5) is 12.4. The number of anilines is 1. The number of ether oxygens (including phenoxy) is 1. The SMILES string of the molecule is Nc1[nH]ncc1C(=O)c1cccc2c1OCCC2. The van der Waals surface area contributed by atoms with Crippen molar-refractivity contribution in [2.45, 2.75) is 12.8 Å². The molecule has 0 spiro atoms. The zero-order chi connectivity index (χ0) is 12.5. The van der Waals surface area contributed by atoms with Crippen LogP contribution in [-0.4, -0.2) is 22.6 Å². The number of hydrogen-bond acceptors (Lipinski definition) is 4. The Bertz CT molecular complexity index is 604. The minimum atomic E-state index is -0.153. The molecule has 0 aliphatic carbocycles. The van der Waals surface area contributed by atoms with Crippen molar-refractivity contribution >= 4 is 11.6 Å². The van der Waals surface area contributed by atoms with E-state index in [9.17, 15) is 4.79 Å². The molecule has 3 N–H and O–H groups in total. The molecule has 0 saturated heterocycles. The van der Waals surface area contributed by atoms with Gasteiger partial charge in [-0.2, -0.15) is 5.10 Å². The number of nitrogens with zero attached hydrogens (tertiary/aromatic N) is 1. The highest BCUT2D eigenvalue weighted by Crippen LogP contribution is 2.31. The van der Waals surface area contributed by atoms with Crippen LogP contribution in [0.25, 0.3) is 0 Å². The van der Waals surface area contributed by atoms with Crippen molar-refractivity contribution in [1.82, 2.24) is 10.2 Å². The zero-order valence-electron chi connectivity index (χ0n) is 9.77. The maximum Gasteiger partial charge on any atom is 0.202 e. The van der Waals surface area contributed by atoms with Gasteiger partial charge >= 0.3 is 0 Å². The van der Waals surface area contributed by atoms with Gasteiger partial charge in [0.25, 0.3) is 0 Å². The molecule has 1 aliphatic rings. The molecule has 2 heterocycles. The quantitative estimate of drug-likeness (QED) is 0.784. The number of rotatable bonds is 2. The molecule has 1 aliphatic heterocycles. The van der Waals surface area contributed by atoms with Crippen LogP contribution in [-0.2, 0) is 6.42 Å². The number of ketones is 1. The summed E-state index contributed by atoms with van der Waals surface area (Å²) in [5.41, 5.74) is 7.70. The number of para-hydroxylation sites is 1. The van der Waals surface area contributed by atoms with Gasteiger partial charge in [-0.3, -0.25) is 9.89 Å². The summed E-state index contributed by atoms with van der Waals surface area (Å²) in [6.07, 6.45) is 3.37. The van der Waals surface area contributed by atoms with Crippen LogP contribution in [0.3, 0.4) is 0 Å².